The highest BCUT2D eigenvalue weighted by atomic mass is 16.2. The van der Waals surface area contributed by atoms with Gasteiger partial charge in [-0.2, -0.15) is 0 Å². The molecule has 4 heteroatoms. The van der Waals surface area contributed by atoms with Crippen LogP contribution in [0.25, 0.3) is 0 Å². The van der Waals surface area contributed by atoms with Crippen LogP contribution in [-0.2, 0) is 19.2 Å². The zero-order valence-electron chi connectivity index (χ0n) is 11.6. The first-order valence-electron chi connectivity index (χ1n) is 6.29. The van der Waals surface area contributed by atoms with Crippen LogP contribution >= 0.6 is 0 Å². The van der Waals surface area contributed by atoms with E-state index in [0.717, 1.165) is 0 Å². The Morgan fingerprint density at radius 1 is 0.611 bits per heavy atom. The summed E-state index contributed by atoms with van der Waals surface area (Å²) in [4.78, 5) is 44.8. The second-order valence-electron chi connectivity index (χ2n) is 4.83. The predicted octanol–water partition coefficient (Wildman–Crippen LogP) is 2.14. The van der Waals surface area contributed by atoms with E-state index in [0.29, 0.717) is 25.7 Å². The number of hydrogen-bond donors (Lipinski definition) is 0. The summed E-state index contributed by atoms with van der Waals surface area (Å²) in [7, 11) is 0. The van der Waals surface area contributed by atoms with Gasteiger partial charge in [0.15, 0.2) is 0 Å². The Labute approximate surface area is 108 Å². The van der Waals surface area contributed by atoms with Crippen molar-refractivity contribution in [2.75, 3.05) is 0 Å². The van der Waals surface area contributed by atoms with Gasteiger partial charge in [-0.15, -0.1) is 0 Å². The average Bonchev–Trinajstić information content (AvgIpc) is 2.20. The summed E-state index contributed by atoms with van der Waals surface area (Å²) >= 11 is 0. The first-order valence-corrected chi connectivity index (χ1v) is 6.29. The average molecular weight is 254 g/mol. The van der Waals surface area contributed by atoms with Crippen molar-refractivity contribution in [3.8, 4) is 0 Å². The molecule has 0 aromatic rings. The molecule has 0 aliphatic rings. The van der Waals surface area contributed by atoms with Crippen molar-refractivity contribution in [3.05, 3.63) is 0 Å². The maximum absolute atomic E-state index is 11.2. The van der Waals surface area contributed by atoms with Gasteiger partial charge in [0.2, 0.25) is 0 Å². The van der Waals surface area contributed by atoms with E-state index < -0.39 is 11.8 Å². The Morgan fingerprint density at radius 3 is 1.00 bits per heavy atom. The molecule has 0 saturated heterocycles. The third kappa shape index (κ3) is 5.84. The van der Waals surface area contributed by atoms with E-state index in [4.69, 9.17) is 0 Å². The van der Waals surface area contributed by atoms with Gasteiger partial charge in [-0.1, -0.05) is 12.8 Å². The lowest BCUT2D eigenvalue weighted by molar-refractivity contribution is -0.132. The van der Waals surface area contributed by atoms with Gasteiger partial charge in [0.05, 0.1) is 11.8 Å². The molecule has 0 spiro atoms. The second kappa shape index (κ2) is 7.90. The molecule has 0 rings (SSSR count). The quantitative estimate of drug-likeness (QED) is 0.467. The normalized spacial score (nSPS) is 10.8. The maximum Gasteiger partial charge on any atom is 0.140 e. The molecule has 102 valence electrons. The van der Waals surface area contributed by atoms with E-state index in [1.807, 2.05) is 0 Å². The van der Waals surface area contributed by atoms with Crippen molar-refractivity contribution in [2.45, 2.75) is 53.4 Å². The zero-order chi connectivity index (χ0) is 14.3. The number of unbranched alkanes of at least 4 members (excludes halogenated alkanes) is 1. The lowest BCUT2D eigenvalue weighted by Gasteiger charge is -2.12. The van der Waals surface area contributed by atoms with Gasteiger partial charge in [-0.25, -0.2) is 0 Å². The van der Waals surface area contributed by atoms with Crippen molar-refractivity contribution in [1.29, 1.82) is 0 Å². The SMILES string of the molecule is CC(=O)C(CCCCC(C(C)=O)C(C)=O)C(C)=O. The third-order valence-electron chi connectivity index (χ3n) is 3.20. The summed E-state index contributed by atoms with van der Waals surface area (Å²) in [5.41, 5.74) is 0. The molecule has 0 amide bonds. The molecular formula is C14H22O4. The van der Waals surface area contributed by atoms with Crippen LogP contribution in [0, 0.1) is 11.8 Å². The molecule has 0 bridgehead atoms. The molecule has 0 heterocycles. The topological polar surface area (TPSA) is 68.3 Å². The largest absolute Gasteiger partial charge is 0.299 e. The Kier molecular flexibility index (Phi) is 7.32. The minimum Gasteiger partial charge on any atom is -0.299 e. The van der Waals surface area contributed by atoms with Crippen molar-refractivity contribution in [1.82, 2.24) is 0 Å². The van der Waals surface area contributed by atoms with Crippen LogP contribution in [0.2, 0.25) is 0 Å². The fraction of sp³-hybridized carbons (Fsp3) is 0.714. The maximum atomic E-state index is 11.2. The third-order valence-corrected chi connectivity index (χ3v) is 3.20. The molecule has 0 aromatic carbocycles. The summed E-state index contributed by atoms with van der Waals surface area (Å²) in [6.07, 6.45) is 2.38. The van der Waals surface area contributed by atoms with Crippen LogP contribution in [0.5, 0.6) is 0 Å². The van der Waals surface area contributed by atoms with E-state index in [-0.39, 0.29) is 23.1 Å². The highest BCUT2D eigenvalue weighted by Crippen LogP contribution is 2.16. The molecule has 4 nitrogen and oxygen atoms in total. The summed E-state index contributed by atoms with van der Waals surface area (Å²) in [5.74, 6) is -1.51. The fourth-order valence-corrected chi connectivity index (χ4v) is 2.08. The molecule has 0 atom stereocenters. The van der Waals surface area contributed by atoms with E-state index in [9.17, 15) is 19.2 Å². The van der Waals surface area contributed by atoms with Crippen LogP contribution in [-0.4, -0.2) is 23.1 Å². The van der Waals surface area contributed by atoms with Gasteiger partial charge in [0, 0.05) is 0 Å². The monoisotopic (exact) mass is 254 g/mol. The first-order chi connectivity index (χ1) is 8.27. The van der Waals surface area contributed by atoms with Gasteiger partial charge in [0.1, 0.15) is 23.1 Å². The van der Waals surface area contributed by atoms with Crippen LogP contribution < -0.4 is 0 Å². The Bertz CT molecular complexity index is 282. The number of carbonyl (C=O) groups excluding carboxylic acids is 4. The van der Waals surface area contributed by atoms with Crippen molar-refractivity contribution in [2.24, 2.45) is 11.8 Å². The van der Waals surface area contributed by atoms with Gasteiger partial charge < -0.3 is 0 Å². The molecule has 0 fully saturated rings. The zero-order valence-corrected chi connectivity index (χ0v) is 11.6. The molecule has 0 aliphatic heterocycles. The molecular weight excluding hydrogens is 232 g/mol. The first kappa shape index (κ1) is 16.7. The lowest BCUT2D eigenvalue weighted by Crippen LogP contribution is -2.21. The number of hydrogen-bond acceptors (Lipinski definition) is 4. The molecule has 18 heavy (non-hydrogen) atoms. The van der Waals surface area contributed by atoms with Crippen molar-refractivity contribution >= 4 is 23.1 Å². The van der Waals surface area contributed by atoms with E-state index in [1.54, 1.807) is 0 Å². The summed E-state index contributed by atoms with van der Waals surface area (Å²) in [6, 6.07) is 0. The van der Waals surface area contributed by atoms with Crippen molar-refractivity contribution < 1.29 is 19.2 Å². The van der Waals surface area contributed by atoms with E-state index in [2.05, 4.69) is 0 Å². The molecule has 0 aliphatic carbocycles. The Morgan fingerprint density at radius 2 is 0.833 bits per heavy atom. The second-order valence-corrected chi connectivity index (χ2v) is 4.83. The predicted molar refractivity (Wildman–Crippen MR) is 68.2 cm³/mol. The van der Waals surface area contributed by atoms with Gasteiger partial charge in [0.25, 0.3) is 0 Å². The van der Waals surface area contributed by atoms with Crippen LogP contribution in [0.3, 0.4) is 0 Å². The highest BCUT2D eigenvalue weighted by Gasteiger charge is 2.21. The minimum absolute atomic E-state index is 0.114. The van der Waals surface area contributed by atoms with E-state index >= 15 is 0 Å². The minimum atomic E-state index is -0.530. The molecule has 0 unspecified atom stereocenters. The molecule has 0 radical (unpaired) electrons. The summed E-state index contributed by atoms with van der Waals surface area (Å²) < 4.78 is 0. The van der Waals surface area contributed by atoms with Gasteiger partial charge in [-0.3, -0.25) is 19.2 Å². The number of rotatable bonds is 9. The highest BCUT2D eigenvalue weighted by molar-refractivity contribution is 6.00. The number of carbonyl (C=O) groups is 4. The van der Waals surface area contributed by atoms with Crippen LogP contribution in [0.15, 0.2) is 0 Å². The molecule has 0 saturated carbocycles. The van der Waals surface area contributed by atoms with E-state index in [1.165, 1.54) is 27.7 Å². The molecule has 0 N–H and O–H groups in total. The van der Waals surface area contributed by atoms with Crippen LogP contribution in [0.1, 0.15) is 53.4 Å². The van der Waals surface area contributed by atoms with Crippen molar-refractivity contribution in [3.63, 3.8) is 0 Å². The number of Topliss-reactive ketones (excluding diaryl/α,β-unsaturated/α-hetero) is 4. The molecule has 0 aromatic heterocycles. The number of ketones is 4. The lowest BCUT2D eigenvalue weighted by atomic mass is 9.90. The Hall–Kier alpha value is -1.32. The summed E-state index contributed by atoms with van der Waals surface area (Å²) in [6.45, 7) is 5.67. The Balaban J connectivity index is 4.12. The van der Waals surface area contributed by atoms with Crippen LogP contribution in [0.4, 0.5) is 0 Å². The van der Waals surface area contributed by atoms with Gasteiger partial charge in [-0.05, 0) is 40.5 Å². The standard InChI is InChI=1S/C14H22O4/c1-9(15)13(10(2)16)7-5-6-8-14(11(3)17)12(4)18/h13-14H,5-8H2,1-4H3. The van der Waals surface area contributed by atoms with Gasteiger partial charge >= 0.3 is 0 Å². The summed E-state index contributed by atoms with van der Waals surface area (Å²) in [5, 5.41) is 0. The fourth-order valence-electron chi connectivity index (χ4n) is 2.08. The smallest absolute Gasteiger partial charge is 0.140 e.